The number of rotatable bonds is 5. The van der Waals surface area contributed by atoms with Crippen LogP contribution in [0, 0.1) is 12.3 Å². The molecule has 16 heavy (non-hydrogen) atoms. The molecule has 2 atom stereocenters. The minimum atomic E-state index is -0.0290. The highest BCUT2D eigenvalue weighted by Gasteiger charge is 2.31. The second-order valence-electron chi connectivity index (χ2n) is 4.27. The van der Waals surface area contributed by atoms with E-state index >= 15 is 0 Å². The Kier molecular flexibility index (Phi) is 5.34. The van der Waals surface area contributed by atoms with E-state index in [2.05, 4.69) is 18.2 Å². The highest BCUT2D eigenvalue weighted by molar-refractivity contribution is 5.83. The molecule has 3 heteroatoms. The molecule has 1 fully saturated rings. The van der Waals surface area contributed by atoms with Crippen LogP contribution in [0.3, 0.4) is 0 Å². The quantitative estimate of drug-likeness (QED) is 0.713. The third-order valence-corrected chi connectivity index (χ3v) is 3.07. The minimum Gasteiger partial charge on any atom is -0.328 e. The number of nitrogens with zero attached hydrogens (tertiary/aromatic N) is 1. The summed E-state index contributed by atoms with van der Waals surface area (Å²) in [5.41, 5.74) is 0. The number of carbonyl (C=O) groups is 1. The third-order valence-electron chi connectivity index (χ3n) is 3.07. The van der Waals surface area contributed by atoms with Gasteiger partial charge in [0.05, 0.1) is 12.1 Å². The molecule has 0 radical (unpaired) electrons. The molecule has 0 aromatic rings. The van der Waals surface area contributed by atoms with Crippen LogP contribution in [-0.2, 0) is 4.79 Å². The van der Waals surface area contributed by atoms with E-state index in [1.165, 1.54) is 0 Å². The van der Waals surface area contributed by atoms with Crippen molar-refractivity contribution in [3.63, 3.8) is 0 Å². The van der Waals surface area contributed by atoms with Crippen LogP contribution in [0.1, 0.15) is 39.5 Å². The Labute approximate surface area is 98.6 Å². The zero-order valence-electron chi connectivity index (χ0n) is 10.3. The van der Waals surface area contributed by atoms with Gasteiger partial charge in [0.15, 0.2) is 0 Å². The van der Waals surface area contributed by atoms with E-state index in [-0.39, 0.29) is 18.0 Å². The van der Waals surface area contributed by atoms with Gasteiger partial charge in [0.1, 0.15) is 0 Å². The molecule has 0 aromatic carbocycles. The van der Waals surface area contributed by atoms with Gasteiger partial charge in [-0.3, -0.25) is 4.79 Å². The molecule has 0 spiro atoms. The average Bonchev–Trinajstić information content (AvgIpc) is 2.31. The minimum absolute atomic E-state index is 0.0175. The Hall–Kier alpha value is -1.01. The summed E-state index contributed by atoms with van der Waals surface area (Å²) < 4.78 is 0. The molecule has 0 aliphatic carbocycles. The van der Waals surface area contributed by atoms with E-state index < -0.39 is 0 Å². The third kappa shape index (κ3) is 2.99. The van der Waals surface area contributed by atoms with Gasteiger partial charge >= 0.3 is 0 Å². The van der Waals surface area contributed by atoms with E-state index in [4.69, 9.17) is 6.42 Å². The summed E-state index contributed by atoms with van der Waals surface area (Å²) in [5, 5.41) is 3.29. The average molecular weight is 222 g/mol. The first-order valence-corrected chi connectivity index (χ1v) is 6.24. The first kappa shape index (κ1) is 13.1. The van der Waals surface area contributed by atoms with Gasteiger partial charge in [-0.25, -0.2) is 0 Å². The van der Waals surface area contributed by atoms with E-state index in [1.807, 2.05) is 11.8 Å². The van der Waals surface area contributed by atoms with Crippen molar-refractivity contribution in [3.8, 4) is 12.3 Å². The van der Waals surface area contributed by atoms with Crippen molar-refractivity contribution in [2.24, 2.45) is 0 Å². The van der Waals surface area contributed by atoms with Crippen molar-refractivity contribution in [2.75, 3.05) is 13.1 Å². The number of carbonyl (C=O) groups excluding carboxylic acids is 1. The van der Waals surface area contributed by atoms with Crippen molar-refractivity contribution in [3.05, 3.63) is 0 Å². The number of piperidine rings is 1. The van der Waals surface area contributed by atoms with Crippen LogP contribution >= 0.6 is 0 Å². The maximum atomic E-state index is 12.2. The van der Waals surface area contributed by atoms with Crippen LogP contribution in [0.5, 0.6) is 0 Å². The number of likely N-dealkylation sites (tertiary alicyclic amines) is 1. The predicted octanol–water partition coefficient (Wildman–Crippen LogP) is 1.39. The summed E-state index contributed by atoms with van der Waals surface area (Å²) in [4.78, 5) is 14.0. The fraction of sp³-hybridized carbons (Fsp3) is 0.769. The highest BCUT2D eigenvalue weighted by Crippen LogP contribution is 2.16. The van der Waals surface area contributed by atoms with Crippen molar-refractivity contribution < 1.29 is 4.79 Å². The van der Waals surface area contributed by atoms with Gasteiger partial charge in [0, 0.05) is 6.54 Å². The van der Waals surface area contributed by atoms with Crippen LogP contribution in [-0.4, -0.2) is 36.0 Å². The number of amides is 1. The molecule has 1 aliphatic heterocycles. The Morgan fingerprint density at radius 3 is 2.94 bits per heavy atom. The second-order valence-corrected chi connectivity index (χ2v) is 4.27. The smallest absolute Gasteiger partial charge is 0.240 e. The van der Waals surface area contributed by atoms with Gasteiger partial charge in [0.25, 0.3) is 0 Å². The summed E-state index contributed by atoms with van der Waals surface area (Å²) in [6.07, 6.45) is 9.33. The van der Waals surface area contributed by atoms with Crippen LogP contribution in [0.2, 0.25) is 0 Å². The molecule has 90 valence electrons. The number of nitrogens with one attached hydrogen (secondary N) is 1. The van der Waals surface area contributed by atoms with Crippen LogP contribution < -0.4 is 5.32 Å². The normalized spacial score (nSPS) is 22.9. The van der Waals surface area contributed by atoms with E-state index in [1.54, 1.807) is 0 Å². The molecular formula is C13H22N2O. The van der Waals surface area contributed by atoms with Gasteiger partial charge in [0.2, 0.25) is 5.91 Å². The van der Waals surface area contributed by atoms with Gasteiger partial charge in [-0.1, -0.05) is 19.8 Å². The van der Waals surface area contributed by atoms with Crippen molar-refractivity contribution in [1.29, 1.82) is 0 Å². The molecule has 1 N–H and O–H groups in total. The fourth-order valence-electron chi connectivity index (χ4n) is 2.15. The second kappa shape index (κ2) is 6.55. The lowest BCUT2D eigenvalue weighted by Crippen LogP contribution is -2.53. The predicted molar refractivity (Wildman–Crippen MR) is 65.9 cm³/mol. The molecular weight excluding hydrogens is 200 g/mol. The van der Waals surface area contributed by atoms with Gasteiger partial charge < -0.3 is 10.2 Å². The SMILES string of the molecule is C#CC(CC)N1CCCC(NCCC)C1=O. The molecule has 1 amide bonds. The van der Waals surface area contributed by atoms with Crippen molar-refractivity contribution in [2.45, 2.75) is 51.6 Å². The van der Waals surface area contributed by atoms with Crippen molar-refractivity contribution in [1.82, 2.24) is 10.2 Å². The first-order chi connectivity index (χ1) is 7.74. The monoisotopic (exact) mass is 222 g/mol. The molecule has 0 aromatic heterocycles. The Balaban J connectivity index is 2.60. The molecule has 2 unspecified atom stereocenters. The lowest BCUT2D eigenvalue weighted by atomic mass is 10.0. The van der Waals surface area contributed by atoms with Crippen LogP contribution in [0.25, 0.3) is 0 Å². The van der Waals surface area contributed by atoms with Gasteiger partial charge in [-0.05, 0) is 32.2 Å². The largest absolute Gasteiger partial charge is 0.328 e. The molecule has 3 nitrogen and oxygen atoms in total. The molecule has 1 aliphatic rings. The number of terminal acetylenes is 1. The molecule has 0 saturated carbocycles. The van der Waals surface area contributed by atoms with Crippen molar-refractivity contribution >= 4 is 5.91 Å². The van der Waals surface area contributed by atoms with E-state index in [0.717, 1.165) is 38.8 Å². The van der Waals surface area contributed by atoms with Gasteiger partial charge in [-0.2, -0.15) is 0 Å². The molecule has 1 rings (SSSR count). The lowest BCUT2D eigenvalue weighted by molar-refractivity contribution is -0.137. The Morgan fingerprint density at radius 2 is 2.38 bits per heavy atom. The molecule has 0 bridgehead atoms. The standard InChI is InChI=1S/C13H22N2O/c1-4-9-14-12-8-7-10-15(13(12)16)11(5-2)6-3/h2,11-12,14H,4,6-10H2,1,3H3. The zero-order valence-corrected chi connectivity index (χ0v) is 10.3. The molecule has 1 saturated heterocycles. The lowest BCUT2D eigenvalue weighted by Gasteiger charge is -2.35. The molecule has 1 heterocycles. The number of hydrogen-bond acceptors (Lipinski definition) is 2. The van der Waals surface area contributed by atoms with E-state index in [0.29, 0.717) is 0 Å². The highest BCUT2D eigenvalue weighted by atomic mass is 16.2. The summed E-state index contributed by atoms with van der Waals surface area (Å²) in [7, 11) is 0. The van der Waals surface area contributed by atoms with Crippen LogP contribution in [0.4, 0.5) is 0 Å². The fourth-order valence-corrected chi connectivity index (χ4v) is 2.15. The van der Waals surface area contributed by atoms with Crippen LogP contribution in [0.15, 0.2) is 0 Å². The summed E-state index contributed by atoms with van der Waals surface area (Å²) in [6.45, 7) is 5.85. The maximum Gasteiger partial charge on any atom is 0.240 e. The topological polar surface area (TPSA) is 32.3 Å². The first-order valence-electron chi connectivity index (χ1n) is 6.24. The van der Waals surface area contributed by atoms with E-state index in [9.17, 15) is 4.79 Å². The zero-order chi connectivity index (χ0) is 12.0. The Bertz CT molecular complexity index is 270. The maximum absolute atomic E-state index is 12.2. The number of hydrogen-bond donors (Lipinski definition) is 1. The summed E-state index contributed by atoms with van der Waals surface area (Å²) in [5.74, 6) is 2.89. The summed E-state index contributed by atoms with van der Waals surface area (Å²) in [6, 6.07) is -0.0465. The van der Waals surface area contributed by atoms with Gasteiger partial charge in [-0.15, -0.1) is 6.42 Å². The summed E-state index contributed by atoms with van der Waals surface area (Å²) >= 11 is 0. The Morgan fingerprint density at radius 1 is 1.62 bits per heavy atom.